The Hall–Kier alpha value is -2.21. The van der Waals surface area contributed by atoms with Crippen molar-refractivity contribution < 1.29 is 9.53 Å². The van der Waals surface area contributed by atoms with Crippen LogP contribution in [0.4, 0.5) is 0 Å². The minimum Gasteiger partial charge on any atom is -0.381 e. The van der Waals surface area contributed by atoms with Gasteiger partial charge in [-0.1, -0.05) is 25.1 Å². The molecule has 1 saturated heterocycles. The highest BCUT2D eigenvalue weighted by Gasteiger charge is 2.33. The van der Waals surface area contributed by atoms with Crippen molar-refractivity contribution in [2.24, 2.45) is 0 Å². The number of amides is 1. The number of carbonyl (C=O) groups excluding carboxylic acids is 1. The highest BCUT2D eigenvalue weighted by atomic mass is 16.5. The first-order valence-electron chi connectivity index (χ1n) is 7.53. The van der Waals surface area contributed by atoms with Crippen LogP contribution < -0.4 is 10.9 Å². The van der Waals surface area contributed by atoms with Gasteiger partial charge >= 0.3 is 0 Å². The van der Waals surface area contributed by atoms with Crippen LogP contribution >= 0.6 is 0 Å². The Balaban J connectivity index is 1.96. The minimum absolute atomic E-state index is 0.254. The molecule has 0 radical (unpaired) electrons. The summed E-state index contributed by atoms with van der Waals surface area (Å²) >= 11 is 0. The molecule has 6 heteroatoms. The number of aromatic amines is 1. The maximum absolute atomic E-state index is 12.7. The molecule has 0 atom stereocenters. The van der Waals surface area contributed by atoms with E-state index in [9.17, 15) is 9.59 Å². The smallest absolute Gasteiger partial charge is 0.272 e. The molecule has 2 heterocycles. The number of nitrogens with one attached hydrogen (secondary N) is 2. The third-order valence-corrected chi connectivity index (χ3v) is 4.42. The molecular formula is C16H19N3O3. The fourth-order valence-corrected chi connectivity index (χ4v) is 2.92. The topological polar surface area (TPSA) is 84.1 Å². The lowest BCUT2D eigenvalue weighted by atomic mass is 9.87. The summed E-state index contributed by atoms with van der Waals surface area (Å²) in [6, 6.07) is 7.00. The molecule has 6 nitrogen and oxygen atoms in total. The molecule has 116 valence electrons. The van der Waals surface area contributed by atoms with Crippen LogP contribution in [0.2, 0.25) is 0 Å². The summed E-state index contributed by atoms with van der Waals surface area (Å²) in [6.45, 7) is 3.35. The van der Waals surface area contributed by atoms with Gasteiger partial charge in [-0.05, 0) is 25.3 Å². The Labute approximate surface area is 127 Å². The van der Waals surface area contributed by atoms with Gasteiger partial charge in [0.05, 0.1) is 5.39 Å². The van der Waals surface area contributed by atoms with E-state index in [1.54, 1.807) is 24.3 Å². The van der Waals surface area contributed by atoms with E-state index in [2.05, 4.69) is 22.4 Å². The van der Waals surface area contributed by atoms with Crippen LogP contribution in [0.1, 0.15) is 36.7 Å². The van der Waals surface area contributed by atoms with Crippen LogP contribution in [0.15, 0.2) is 29.1 Å². The van der Waals surface area contributed by atoms with Crippen LogP contribution in [0.25, 0.3) is 10.8 Å². The Bertz CT molecular complexity index is 748. The molecule has 0 bridgehead atoms. The van der Waals surface area contributed by atoms with Gasteiger partial charge in [-0.3, -0.25) is 9.59 Å². The van der Waals surface area contributed by atoms with Gasteiger partial charge in [0.1, 0.15) is 0 Å². The van der Waals surface area contributed by atoms with Crippen molar-refractivity contribution in [2.75, 3.05) is 13.2 Å². The predicted octanol–water partition coefficient (Wildman–Crippen LogP) is 1.61. The molecule has 0 aliphatic carbocycles. The Morgan fingerprint density at radius 2 is 2.00 bits per heavy atom. The van der Waals surface area contributed by atoms with Crippen molar-refractivity contribution >= 4 is 16.7 Å². The van der Waals surface area contributed by atoms with Gasteiger partial charge in [-0.2, -0.15) is 5.10 Å². The molecule has 3 rings (SSSR count). The molecule has 22 heavy (non-hydrogen) atoms. The molecule has 1 fully saturated rings. The lowest BCUT2D eigenvalue weighted by molar-refractivity contribution is 0.0344. The zero-order valence-electron chi connectivity index (χ0n) is 12.5. The van der Waals surface area contributed by atoms with E-state index in [0.717, 1.165) is 19.3 Å². The summed E-state index contributed by atoms with van der Waals surface area (Å²) in [5, 5.41) is 10.5. The molecule has 2 aromatic rings. The van der Waals surface area contributed by atoms with Crippen molar-refractivity contribution in [1.29, 1.82) is 0 Å². The molecular weight excluding hydrogens is 282 g/mol. The van der Waals surface area contributed by atoms with Gasteiger partial charge in [0, 0.05) is 24.1 Å². The van der Waals surface area contributed by atoms with Gasteiger partial charge in [-0.25, -0.2) is 5.10 Å². The summed E-state index contributed by atoms with van der Waals surface area (Å²) in [5.41, 5.74) is -0.285. The second-order valence-electron chi connectivity index (χ2n) is 5.65. The van der Waals surface area contributed by atoms with E-state index in [4.69, 9.17) is 4.74 Å². The minimum atomic E-state index is -0.288. The van der Waals surface area contributed by atoms with Crippen LogP contribution in [-0.2, 0) is 4.74 Å². The van der Waals surface area contributed by atoms with Gasteiger partial charge in [0.2, 0.25) is 0 Å². The van der Waals surface area contributed by atoms with Gasteiger partial charge in [-0.15, -0.1) is 0 Å². The van der Waals surface area contributed by atoms with Crippen molar-refractivity contribution in [3.63, 3.8) is 0 Å². The average molecular weight is 301 g/mol. The first-order chi connectivity index (χ1) is 10.7. The van der Waals surface area contributed by atoms with Crippen LogP contribution in [0.5, 0.6) is 0 Å². The highest BCUT2D eigenvalue weighted by Crippen LogP contribution is 2.25. The Morgan fingerprint density at radius 3 is 2.68 bits per heavy atom. The Kier molecular flexibility index (Phi) is 3.94. The molecule has 1 aliphatic rings. The number of fused-ring (bicyclic) bond motifs is 1. The van der Waals surface area contributed by atoms with Crippen molar-refractivity contribution in [3.8, 4) is 0 Å². The van der Waals surface area contributed by atoms with Crippen LogP contribution in [0.3, 0.4) is 0 Å². The highest BCUT2D eigenvalue weighted by molar-refractivity contribution is 6.04. The number of hydrogen-bond donors (Lipinski definition) is 2. The largest absolute Gasteiger partial charge is 0.381 e. The summed E-state index contributed by atoms with van der Waals surface area (Å²) in [4.78, 5) is 24.5. The third-order valence-electron chi connectivity index (χ3n) is 4.42. The van der Waals surface area contributed by atoms with Crippen LogP contribution in [0, 0.1) is 0 Å². The molecule has 2 N–H and O–H groups in total. The predicted molar refractivity (Wildman–Crippen MR) is 82.9 cm³/mol. The van der Waals surface area contributed by atoms with E-state index in [-0.39, 0.29) is 22.7 Å². The maximum atomic E-state index is 12.7. The summed E-state index contributed by atoms with van der Waals surface area (Å²) < 4.78 is 5.39. The molecule has 0 saturated carbocycles. The fourth-order valence-electron chi connectivity index (χ4n) is 2.92. The number of hydrogen-bond acceptors (Lipinski definition) is 4. The zero-order chi connectivity index (χ0) is 15.6. The average Bonchev–Trinajstić information content (AvgIpc) is 2.56. The third kappa shape index (κ3) is 2.62. The molecule has 0 spiro atoms. The number of carbonyl (C=O) groups is 1. The lowest BCUT2D eigenvalue weighted by Gasteiger charge is -2.37. The summed E-state index contributed by atoms with van der Waals surface area (Å²) in [7, 11) is 0. The van der Waals surface area contributed by atoms with E-state index < -0.39 is 0 Å². The number of rotatable bonds is 3. The first kappa shape index (κ1) is 14.7. The van der Waals surface area contributed by atoms with Crippen LogP contribution in [-0.4, -0.2) is 34.9 Å². The van der Waals surface area contributed by atoms with Crippen molar-refractivity contribution in [1.82, 2.24) is 15.5 Å². The van der Waals surface area contributed by atoms with Crippen molar-refractivity contribution in [3.05, 3.63) is 40.3 Å². The molecule has 1 aliphatic heterocycles. The SMILES string of the molecule is CCC1(NC(=O)c2n[nH]c(=O)c3ccccc23)CCOCC1. The lowest BCUT2D eigenvalue weighted by Crippen LogP contribution is -2.51. The van der Waals surface area contributed by atoms with E-state index >= 15 is 0 Å². The zero-order valence-corrected chi connectivity index (χ0v) is 12.5. The maximum Gasteiger partial charge on any atom is 0.272 e. The second kappa shape index (κ2) is 5.88. The van der Waals surface area contributed by atoms with Gasteiger partial charge in [0.15, 0.2) is 5.69 Å². The van der Waals surface area contributed by atoms with Gasteiger partial charge in [0.25, 0.3) is 11.5 Å². The van der Waals surface area contributed by atoms with Gasteiger partial charge < -0.3 is 10.1 Å². The molecule has 1 aromatic carbocycles. The number of aromatic nitrogens is 2. The fraction of sp³-hybridized carbons (Fsp3) is 0.438. The summed E-state index contributed by atoms with van der Waals surface area (Å²) in [5.74, 6) is -0.254. The standard InChI is InChI=1S/C16H19N3O3/c1-2-16(7-9-22-10-8-16)17-15(21)13-11-5-3-4-6-12(11)14(20)19-18-13/h3-6H,2,7-10H2,1H3,(H,17,21)(H,19,20). The van der Waals surface area contributed by atoms with E-state index in [0.29, 0.717) is 24.0 Å². The first-order valence-corrected chi connectivity index (χ1v) is 7.53. The molecule has 1 amide bonds. The quantitative estimate of drug-likeness (QED) is 0.902. The molecule has 1 aromatic heterocycles. The van der Waals surface area contributed by atoms with E-state index in [1.165, 1.54) is 0 Å². The number of nitrogens with zero attached hydrogens (tertiary/aromatic N) is 1. The number of benzene rings is 1. The Morgan fingerprint density at radius 1 is 1.32 bits per heavy atom. The van der Waals surface area contributed by atoms with E-state index in [1.807, 2.05) is 0 Å². The number of H-pyrrole nitrogens is 1. The monoisotopic (exact) mass is 301 g/mol. The summed E-state index contributed by atoms with van der Waals surface area (Å²) in [6.07, 6.45) is 2.41. The second-order valence-corrected chi connectivity index (χ2v) is 5.65. The van der Waals surface area contributed by atoms with Crippen molar-refractivity contribution in [2.45, 2.75) is 31.7 Å². The molecule has 0 unspecified atom stereocenters. The normalized spacial score (nSPS) is 17.3. The number of ether oxygens (including phenoxy) is 1.